The number of fused-ring (bicyclic) bond motifs is 1. The number of amides is 2. The van der Waals surface area contributed by atoms with Crippen molar-refractivity contribution >= 4 is 11.8 Å². The molecule has 4 rings (SSSR count). The lowest BCUT2D eigenvalue weighted by atomic mass is 10.1. The summed E-state index contributed by atoms with van der Waals surface area (Å²) in [4.78, 5) is 31.5. The van der Waals surface area contributed by atoms with Crippen LogP contribution in [0.2, 0.25) is 0 Å². The Kier molecular flexibility index (Phi) is 4.51. The Bertz CT molecular complexity index is 888. The monoisotopic (exact) mass is 371 g/mol. The van der Waals surface area contributed by atoms with E-state index in [4.69, 9.17) is 4.74 Å². The van der Waals surface area contributed by atoms with Crippen LogP contribution in [0.4, 0.5) is 0 Å². The molecule has 0 aromatic carbocycles. The molecule has 1 aliphatic heterocycles. The smallest absolute Gasteiger partial charge is 0.275 e. The molecule has 1 saturated carbocycles. The number of hydrogen-bond acceptors (Lipinski definition) is 7. The standard InChI is InChI=1S/C18H21N5O4/c1-10-15(22-27-21-10)16(24)19-8-11-7-13-14(20-17(11)26-2)9-23(18(13)25)12-5-3-4-6-12/h7,12H,3-6,8-9H2,1-2H3,(H,19,24). The molecule has 27 heavy (non-hydrogen) atoms. The fourth-order valence-corrected chi connectivity index (χ4v) is 3.78. The number of pyridine rings is 1. The van der Waals surface area contributed by atoms with E-state index in [-0.39, 0.29) is 18.1 Å². The third-order valence-corrected chi connectivity index (χ3v) is 5.22. The molecule has 1 fully saturated rings. The maximum Gasteiger partial charge on any atom is 0.275 e. The van der Waals surface area contributed by atoms with Gasteiger partial charge in [0.25, 0.3) is 11.8 Å². The second-order valence-electron chi connectivity index (χ2n) is 6.90. The summed E-state index contributed by atoms with van der Waals surface area (Å²) in [6.45, 7) is 2.32. The second-order valence-corrected chi connectivity index (χ2v) is 6.90. The number of carbonyl (C=O) groups is 2. The minimum atomic E-state index is -0.407. The third kappa shape index (κ3) is 3.13. The summed E-state index contributed by atoms with van der Waals surface area (Å²) in [6, 6.07) is 2.07. The molecule has 2 aromatic rings. The summed E-state index contributed by atoms with van der Waals surface area (Å²) in [6.07, 6.45) is 4.42. The maximum absolute atomic E-state index is 12.8. The third-order valence-electron chi connectivity index (χ3n) is 5.22. The van der Waals surface area contributed by atoms with Gasteiger partial charge >= 0.3 is 0 Å². The van der Waals surface area contributed by atoms with Crippen LogP contribution in [0.15, 0.2) is 10.7 Å². The molecule has 0 saturated heterocycles. The molecule has 2 aromatic heterocycles. The first-order valence-corrected chi connectivity index (χ1v) is 9.03. The maximum atomic E-state index is 12.8. The summed E-state index contributed by atoms with van der Waals surface area (Å²) in [5, 5.41) is 9.93. The highest BCUT2D eigenvalue weighted by molar-refractivity contribution is 5.98. The summed E-state index contributed by atoms with van der Waals surface area (Å²) < 4.78 is 9.92. The van der Waals surface area contributed by atoms with Crippen LogP contribution in [0.25, 0.3) is 0 Å². The zero-order valence-corrected chi connectivity index (χ0v) is 15.3. The van der Waals surface area contributed by atoms with Gasteiger partial charge in [0, 0.05) is 18.2 Å². The molecular weight excluding hydrogens is 350 g/mol. The van der Waals surface area contributed by atoms with E-state index >= 15 is 0 Å². The molecule has 9 heteroatoms. The van der Waals surface area contributed by atoms with Gasteiger partial charge in [-0.25, -0.2) is 9.61 Å². The number of nitrogens with zero attached hydrogens (tertiary/aromatic N) is 4. The number of hydrogen-bond donors (Lipinski definition) is 1. The van der Waals surface area contributed by atoms with Crippen molar-refractivity contribution in [3.8, 4) is 5.88 Å². The van der Waals surface area contributed by atoms with Gasteiger partial charge in [0.05, 0.1) is 24.9 Å². The Hall–Kier alpha value is -2.97. The van der Waals surface area contributed by atoms with Gasteiger partial charge in [-0.2, -0.15) is 0 Å². The van der Waals surface area contributed by atoms with Crippen molar-refractivity contribution in [1.29, 1.82) is 0 Å². The van der Waals surface area contributed by atoms with Crippen LogP contribution in [0, 0.1) is 6.92 Å². The van der Waals surface area contributed by atoms with E-state index in [1.807, 2.05) is 4.90 Å². The summed E-state index contributed by atoms with van der Waals surface area (Å²) in [7, 11) is 1.53. The number of ether oxygens (including phenoxy) is 1. The lowest BCUT2D eigenvalue weighted by molar-refractivity contribution is 0.0706. The molecule has 0 spiro atoms. The SMILES string of the molecule is COc1nc2c(cc1CNC(=O)c1nonc1C)C(=O)N(C1CCCC1)C2. The Morgan fingerprint density at radius 1 is 1.37 bits per heavy atom. The molecule has 0 bridgehead atoms. The van der Waals surface area contributed by atoms with Crippen molar-refractivity contribution in [3.63, 3.8) is 0 Å². The zero-order chi connectivity index (χ0) is 19.0. The summed E-state index contributed by atoms with van der Waals surface area (Å²) in [5.74, 6) is 0.0107. The highest BCUT2D eigenvalue weighted by Gasteiger charge is 2.36. The minimum absolute atomic E-state index is 0.0103. The molecule has 1 aliphatic carbocycles. The van der Waals surface area contributed by atoms with E-state index in [9.17, 15) is 9.59 Å². The van der Waals surface area contributed by atoms with Gasteiger partial charge in [-0.15, -0.1) is 0 Å². The van der Waals surface area contributed by atoms with Gasteiger partial charge < -0.3 is 15.0 Å². The van der Waals surface area contributed by atoms with Crippen LogP contribution < -0.4 is 10.1 Å². The van der Waals surface area contributed by atoms with Gasteiger partial charge in [-0.05, 0) is 31.0 Å². The van der Waals surface area contributed by atoms with E-state index in [2.05, 4.69) is 25.2 Å². The molecule has 9 nitrogen and oxygen atoms in total. The number of nitrogens with one attached hydrogen (secondary N) is 1. The van der Waals surface area contributed by atoms with Crippen molar-refractivity contribution in [2.45, 2.75) is 51.7 Å². The predicted octanol–water partition coefficient (Wildman–Crippen LogP) is 1.61. The van der Waals surface area contributed by atoms with Crippen LogP contribution in [-0.4, -0.2) is 45.2 Å². The van der Waals surface area contributed by atoms with Crippen LogP contribution in [-0.2, 0) is 13.1 Å². The minimum Gasteiger partial charge on any atom is -0.481 e. The second kappa shape index (κ2) is 6.98. The number of carbonyl (C=O) groups excluding carboxylic acids is 2. The quantitative estimate of drug-likeness (QED) is 0.850. The number of methoxy groups -OCH3 is 1. The molecule has 142 valence electrons. The Morgan fingerprint density at radius 2 is 2.15 bits per heavy atom. The lowest BCUT2D eigenvalue weighted by Crippen LogP contribution is -2.33. The highest BCUT2D eigenvalue weighted by Crippen LogP contribution is 2.33. The van der Waals surface area contributed by atoms with Crippen molar-refractivity contribution in [2.24, 2.45) is 0 Å². The van der Waals surface area contributed by atoms with Crippen LogP contribution in [0.3, 0.4) is 0 Å². The first-order valence-electron chi connectivity index (χ1n) is 9.03. The molecule has 2 aliphatic rings. The molecule has 0 unspecified atom stereocenters. The number of aryl methyl sites for hydroxylation is 1. The van der Waals surface area contributed by atoms with Crippen LogP contribution in [0.5, 0.6) is 5.88 Å². The number of rotatable bonds is 5. The Labute approximate surface area is 156 Å². The lowest BCUT2D eigenvalue weighted by Gasteiger charge is -2.22. The zero-order valence-electron chi connectivity index (χ0n) is 15.3. The fourth-order valence-electron chi connectivity index (χ4n) is 3.78. The fraction of sp³-hybridized carbons (Fsp3) is 0.500. The molecule has 0 radical (unpaired) electrons. The van der Waals surface area contributed by atoms with E-state index in [0.717, 1.165) is 31.4 Å². The van der Waals surface area contributed by atoms with Crippen LogP contribution in [0.1, 0.15) is 63.5 Å². The largest absolute Gasteiger partial charge is 0.481 e. The van der Waals surface area contributed by atoms with Gasteiger partial charge in [-0.1, -0.05) is 18.0 Å². The van der Waals surface area contributed by atoms with Crippen molar-refractivity contribution < 1.29 is 19.0 Å². The first-order chi connectivity index (χ1) is 13.1. The predicted molar refractivity (Wildman–Crippen MR) is 93.1 cm³/mol. The van der Waals surface area contributed by atoms with E-state index < -0.39 is 5.91 Å². The van der Waals surface area contributed by atoms with Crippen molar-refractivity contribution in [3.05, 3.63) is 34.3 Å². The van der Waals surface area contributed by atoms with Crippen molar-refractivity contribution in [1.82, 2.24) is 25.5 Å². The van der Waals surface area contributed by atoms with Gasteiger partial charge in [0.1, 0.15) is 5.69 Å². The van der Waals surface area contributed by atoms with Gasteiger partial charge in [0.2, 0.25) is 5.88 Å². The highest BCUT2D eigenvalue weighted by atomic mass is 16.6. The summed E-state index contributed by atoms with van der Waals surface area (Å²) in [5.41, 5.74) is 2.50. The van der Waals surface area contributed by atoms with Crippen molar-refractivity contribution in [2.75, 3.05) is 7.11 Å². The average Bonchev–Trinajstić information content (AvgIpc) is 3.40. The molecule has 2 amide bonds. The Balaban J connectivity index is 1.54. The molecule has 3 heterocycles. The van der Waals surface area contributed by atoms with E-state index in [1.54, 1.807) is 13.0 Å². The van der Waals surface area contributed by atoms with E-state index in [0.29, 0.717) is 35.3 Å². The average molecular weight is 371 g/mol. The summed E-state index contributed by atoms with van der Waals surface area (Å²) >= 11 is 0. The normalized spacial score (nSPS) is 16.7. The van der Waals surface area contributed by atoms with Gasteiger partial charge in [-0.3, -0.25) is 9.59 Å². The topological polar surface area (TPSA) is 110 Å². The first kappa shape index (κ1) is 17.4. The van der Waals surface area contributed by atoms with E-state index in [1.165, 1.54) is 7.11 Å². The molecule has 0 atom stereocenters. The number of aromatic nitrogens is 3. The Morgan fingerprint density at radius 3 is 2.81 bits per heavy atom. The van der Waals surface area contributed by atoms with Crippen LogP contribution >= 0.6 is 0 Å². The van der Waals surface area contributed by atoms with Gasteiger partial charge in [0.15, 0.2) is 5.69 Å². The molecular formula is C18H21N5O4. The molecule has 1 N–H and O–H groups in total.